The molecule has 0 saturated heterocycles. The molecule has 3 aromatic carbocycles. The van der Waals surface area contributed by atoms with Gasteiger partial charge in [-0.05, 0) is 60.4 Å². The molecule has 4 heterocycles. The highest BCUT2D eigenvalue weighted by atomic mass is 35.5. The molecule has 9 rings (SSSR count). The van der Waals surface area contributed by atoms with Gasteiger partial charge in [-0.15, -0.1) is 0 Å². The summed E-state index contributed by atoms with van der Waals surface area (Å²) in [6.07, 6.45) is -10.6. The number of fused-ring (bicyclic) bond motifs is 5. The Kier molecular flexibility index (Phi) is 11.3. The summed E-state index contributed by atoms with van der Waals surface area (Å²) < 4.78 is 187. The van der Waals surface area contributed by atoms with Crippen molar-refractivity contribution in [2.75, 3.05) is 11.0 Å². The van der Waals surface area contributed by atoms with Crippen molar-refractivity contribution >= 4 is 55.2 Å². The number of hydrogen-bond donors (Lipinski definition) is 2. The van der Waals surface area contributed by atoms with Crippen molar-refractivity contribution in [1.82, 2.24) is 44.4 Å². The first-order valence-corrected chi connectivity index (χ1v) is 22.1. The van der Waals surface area contributed by atoms with E-state index >= 15 is 13.6 Å². The van der Waals surface area contributed by atoms with Crippen LogP contribution in [-0.2, 0) is 40.3 Å². The summed E-state index contributed by atoms with van der Waals surface area (Å²) in [5.41, 5.74) is -5.92. The van der Waals surface area contributed by atoms with Gasteiger partial charge >= 0.3 is 6.18 Å². The number of anilines is 1. The Morgan fingerprint density at radius 1 is 0.956 bits per heavy atom. The molecule has 3 atom stereocenters. The van der Waals surface area contributed by atoms with Crippen molar-refractivity contribution in [3.63, 3.8) is 0 Å². The van der Waals surface area contributed by atoms with Crippen molar-refractivity contribution in [3.8, 4) is 17.1 Å². The van der Waals surface area contributed by atoms with Crippen LogP contribution in [0.4, 0.5) is 54.1 Å². The van der Waals surface area contributed by atoms with Gasteiger partial charge in [0.05, 0.1) is 44.8 Å². The number of rotatable bonds is 13. The van der Waals surface area contributed by atoms with Crippen LogP contribution in [0.25, 0.3) is 38.9 Å². The fraction of sp³-hybridized carbons (Fsp3) is 0.293. The first kappa shape index (κ1) is 46.4. The van der Waals surface area contributed by atoms with E-state index in [0.717, 1.165) is 48.7 Å². The molecular weight excluding hydrogens is 973 g/mol. The van der Waals surface area contributed by atoms with Crippen molar-refractivity contribution in [2.24, 2.45) is 5.92 Å². The Morgan fingerprint density at radius 2 is 1.68 bits per heavy atom. The average Bonchev–Trinajstić information content (AvgIpc) is 3.77. The Morgan fingerprint density at radius 3 is 2.34 bits per heavy atom. The summed E-state index contributed by atoms with van der Waals surface area (Å²) in [6, 6.07) is 6.77. The Balaban J connectivity index is 1.29. The molecule has 27 heteroatoms. The van der Waals surface area contributed by atoms with Gasteiger partial charge in [0.1, 0.15) is 47.6 Å². The summed E-state index contributed by atoms with van der Waals surface area (Å²) in [4.78, 5) is 41.6. The number of carbonyl (C=O) groups is 1. The second-order valence-electron chi connectivity index (χ2n) is 16.0. The van der Waals surface area contributed by atoms with Crippen LogP contribution in [-0.4, -0.2) is 65.8 Å². The molecular formula is C41H28ClF11N10O4S. The number of benzene rings is 3. The third-order valence-electron chi connectivity index (χ3n) is 11.2. The monoisotopic (exact) mass is 1000 g/mol. The first-order chi connectivity index (χ1) is 31.9. The molecule has 2 aliphatic carbocycles. The fourth-order valence-corrected chi connectivity index (χ4v) is 9.28. The highest BCUT2D eigenvalue weighted by Gasteiger charge is 2.67. The van der Waals surface area contributed by atoms with Gasteiger partial charge in [-0.3, -0.25) is 28.2 Å². The van der Waals surface area contributed by atoms with Crippen LogP contribution >= 0.6 is 11.6 Å². The molecule has 1 amide bonds. The Bertz CT molecular complexity index is 3380. The van der Waals surface area contributed by atoms with E-state index in [-0.39, 0.29) is 44.0 Å². The minimum absolute atomic E-state index is 0.0154. The van der Waals surface area contributed by atoms with Crippen LogP contribution in [0, 0.1) is 17.6 Å². The van der Waals surface area contributed by atoms with Crippen molar-refractivity contribution in [2.45, 2.75) is 62.8 Å². The van der Waals surface area contributed by atoms with Gasteiger partial charge in [-0.25, -0.2) is 49.7 Å². The standard InChI is InChI=1S/C41H28ClF11N10O4S/c1-68(66,67)60-37-30-23(42)4-5-27(32(30)62(59-37)15-40(49,50)51)63-38(57-25-11-17(2-3-20(25)39(63)65)36-54-7-6-24(56-36)34(45)46)26(10-16-8-18(43)12-19(44)9-16)55-28(64)14-61-33-29(31(58-61)35(47)48)21-13-22(21)41(33,52)53/h2-9,11-12,21-22,26,34-35H,10,13-15H2,1H3,(H,55,64)(H,59,60)/t21-,22+,26-/m0/s1. The highest BCUT2D eigenvalue weighted by molar-refractivity contribution is 7.92. The van der Waals surface area contributed by atoms with Crippen LogP contribution in [0.5, 0.6) is 0 Å². The maximum atomic E-state index is 15.6. The maximum Gasteiger partial charge on any atom is 0.408 e. The van der Waals surface area contributed by atoms with Crippen LogP contribution < -0.4 is 15.6 Å². The lowest BCUT2D eigenvalue weighted by Crippen LogP contribution is -2.38. The summed E-state index contributed by atoms with van der Waals surface area (Å²) in [5.74, 6) is -11.2. The molecule has 0 spiro atoms. The topological polar surface area (TPSA) is 172 Å². The predicted octanol–water partition coefficient (Wildman–Crippen LogP) is 8.44. The van der Waals surface area contributed by atoms with Crippen molar-refractivity contribution < 1.29 is 61.5 Å². The molecule has 4 aromatic heterocycles. The zero-order chi connectivity index (χ0) is 48.9. The molecule has 7 aromatic rings. The van der Waals surface area contributed by atoms with Crippen molar-refractivity contribution in [1.29, 1.82) is 0 Å². The number of hydrogen-bond acceptors (Lipinski definition) is 9. The molecule has 356 valence electrons. The lowest BCUT2D eigenvalue weighted by molar-refractivity contribution is -0.141. The van der Waals surface area contributed by atoms with Crippen LogP contribution in [0.1, 0.15) is 65.3 Å². The number of sulfonamides is 1. The van der Waals surface area contributed by atoms with E-state index in [1.54, 1.807) is 0 Å². The number of aromatic nitrogens is 8. The van der Waals surface area contributed by atoms with E-state index in [9.17, 15) is 52.7 Å². The number of amides is 1. The predicted molar refractivity (Wildman–Crippen MR) is 219 cm³/mol. The summed E-state index contributed by atoms with van der Waals surface area (Å²) in [5, 5.41) is 8.72. The van der Waals surface area contributed by atoms with E-state index < -0.39 is 146 Å². The molecule has 2 aliphatic rings. The minimum Gasteiger partial charge on any atom is -0.344 e. The quantitative estimate of drug-likeness (QED) is 0.108. The lowest BCUT2D eigenvalue weighted by atomic mass is 10.0. The highest BCUT2D eigenvalue weighted by Crippen LogP contribution is 2.68. The molecule has 14 nitrogen and oxygen atoms in total. The molecule has 68 heavy (non-hydrogen) atoms. The van der Waals surface area contributed by atoms with E-state index in [4.69, 9.17) is 11.6 Å². The summed E-state index contributed by atoms with van der Waals surface area (Å²) >= 11 is 6.49. The van der Waals surface area contributed by atoms with E-state index in [0.29, 0.717) is 21.6 Å². The van der Waals surface area contributed by atoms with Gasteiger partial charge in [-0.2, -0.15) is 32.1 Å². The molecule has 0 radical (unpaired) electrons. The number of nitrogens with zero attached hydrogens (tertiary/aromatic N) is 8. The minimum atomic E-state index is -5.07. The normalized spacial score (nSPS) is 17.0. The van der Waals surface area contributed by atoms with Gasteiger partial charge in [0.25, 0.3) is 24.3 Å². The average molecular weight is 1000 g/mol. The Hall–Kier alpha value is -6.70. The van der Waals surface area contributed by atoms with Gasteiger partial charge in [0.2, 0.25) is 15.9 Å². The van der Waals surface area contributed by atoms with Crippen LogP contribution in [0.15, 0.2) is 65.6 Å². The number of carbonyl (C=O) groups excluding carboxylic acids is 1. The molecule has 0 aliphatic heterocycles. The number of nitrogens with one attached hydrogen (secondary N) is 2. The van der Waals surface area contributed by atoms with Crippen molar-refractivity contribution in [3.05, 3.63) is 122 Å². The number of halogens is 12. The van der Waals surface area contributed by atoms with Gasteiger partial charge in [-0.1, -0.05) is 17.7 Å². The SMILES string of the molecule is CS(=O)(=O)Nc1nn(CC(F)(F)F)c2c(-n3c([C@H](Cc4cc(F)cc(F)c4)NC(=O)Cn4nc(C(F)F)c5c4C(F)(F)[C@@H]4C[C@H]54)nc4cc(-c5nccc(C(F)F)n5)ccc4c3=O)ccc(Cl)c12. The maximum absolute atomic E-state index is 15.6. The zero-order valence-electron chi connectivity index (χ0n) is 34.1. The third kappa shape index (κ3) is 8.58. The zero-order valence-corrected chi connectivity index (χ0v) is 35.7. The van der Waals surface area contributed by atoms with Crippen LogP contribution in [0.3, 0.4) is 0 Å². The molecule has 1 saturated carbocycles. The smallest absolute Gasteiger partial charge is 0.344 e. The second kappa shape index (κ2) is 16.5. The summed E-state index contributed by atoms with van der Waals surface area (Å²) in [6.45, 7) is -3.10. The van der Waals surface area contributed by atoms with Crippen LogP contribution in [0.2, 0.25) is 5.02 Å². The molecule has 2 N–H and O–H groups in total. The largest absolute Gasteiger partial charge is 0.408 e. The lowest BCUT2D eigenvalue weighted by Gasteiger charge is -2.24. The molecule has 0 bridgehead atoms. The van der Waals surface area contributed by atoms with E-state index in [2.05, 4.69) is 30.5 Å². The van der Waals surface area contributed by atoms with Gasteiger partial charge < -0.3 is 5.32 Å². The second-order valence-corrected chi connectivity index (χ2v) is 18.2. The molecule has 0 unspecified atom stereocenters. The first-order valence-electron chi connectivity index (χ1n) is 19.8. The fourth-order valence-electron chi connectivity index (χ4n) is 8.54. The molecule has 1 fully saturated rings. The van der Waals surface area contributed by atoms with E-state index in [1.165, 1.54) is 6.07 Å². The van der Waals surface area contributed by atoms with Gasteiger partial charge in [0, 0.05) is 35.7 Å². The van der Waals surface area contributed by atoms with Gasteiger partial charge in [0.15, 0.2) is 11.6 Å². The Labute approximate surface area is 378 Å². The number of alkyl halides is 9. The summed E-state index contributed by atoms with van der Waals surface area (Å²) in [7, 11) is -4.29. The van der Waals surface area contributed by atoms with E-state index in [1.807, 2.05) is 4.72 Å². The third-order valence-corrected chi connectivity index (χ3v) is 12.1.